The van der Waals surface area contributed by atoms with Crippen molar-refractivity contribution in [2.24, 2.45) is 4.99 Å². The molecule has 26 heavy (non-hydrogen) atoms. The van der Waals surface area contributed by atoms with Crippen LogP contribution < -0.4 is 5.32 Å². The zero-order chi connectivity index (χ0) is 18.9. The van der Waals surface area contributed by atoms with E-state index in [0.717, 1.165) is 45.3 Å². The molecule has 146 valence electrons. The van der Waals surface area contributed by atoms with E-state index in [1.807, 2.05) is 7.05 Å². The van der Waals surface area contributed by atoms with Gasteiger partial charge in [0, 0.05) is 40.3 Å². The van der Waals surface area contributed by atoms with Crippen LogP contribution in [0, 0.1) is 13.8 Å². The first-order valence-corrected chi connectivity index (χ1v) is 9.37. The molecule has 1 aliphatic heterocycles. The number of rotatable bonds is 7. The monoisotopic (exact) mass is 362 g/mol. The third kappa shape index (κ3) is 5.97. The number of morpholine rings is 1. The lowest BCUT2D eigenvalue weighted by atomic mass is 10.00. The first kappa shape index (κ1) is 20.7. The van der Waals surface area contributed by atoms with Gasteiger partial charge in [-0.3, -0.25) is 4.99 Å². The van der Waals surface area contributed by atoms with Crippen molar-refractivity contribution in [2.75, 3.05) is 67.1 Å². The van der Waals surface area contributed by atoms with Crippen molar-refractivity contribution >= 4 is 5.96 Å². The predicted octanol–water partition coefficient (Wildman–Crippen LogP) is 1.83. The van der Waals surface area contributed by atoms with Crippen LogP contribution in [0.15, 0.2) is 23.2 Å². The minimum Gasteiger partial charge on any atom is -0.383 e. The van der Waals surface area contributed by atoms with Gasteiger partial charge in [0.05, 0.1) is 19.8 Å². The van der Waals surface area contributed by atoms with E-state index >= 15 is 0 Å². The number of hydrogen-bond donors (Lipinski definition) is 1. The van der Waals surface area contributed by atoms with Crippen molar-refractivity contribution < 1.29 is 9.47 Å². The van der Waals surface area contributed by atoms with E-state index in [2.05, 4.69) is 59.2 Å². The Labute approximate surface area is 158 Å². The van der Waals surface area contributed by atoms with Crippen molar-refractivity contribution in [3.05, 3.63) is 34.9 Å². The minimum atomic E-state index is 0.0901. The summed E-state index contributed by atoms with van der Waals surface area (Å²) in [6.07, 6.45) is 0.0901. The average Bonchev–Trinajstić information content (AvgIpc) is 2.63. The number of aliphatic imine (C=N–C) groups is 1. The van der Waals surface area contributed by atoms with Crippen LogP contribution in [0.3, 0.4) is 0 Å². The van der Waals surface area contributed by atoms with Gasteiger partial charge >= 0.3 is 0 Å². The Morgan fingerprint density at radius 2 is 2.19 bits per heavy atom. The number of guanidine groups is 1. The highest BCUT2D eigenvalue weighted by atomic mass is 16.5. The maximum atomic E-state index is 6.05. The maximum absolute atomic E-state index is 6.05. The Morgan fingerprint density at radius 1 is 1.38 bits per heavy atom. The molecule has 6 nitrogen and oxygen atoms in total. The third-order valence-electron chi connectivity index (χ3n) is 4.80. The Kier molecular flexibility index (Phi) is 8.35. The highest BCUT2D eigenvalue weighted by Crippen LogP contribution is 2.25. The van der Waals surface area contributed by atoms with Gasteiger partial charge in [-0.15, -0.1) is 0 Å². The molecule has 1 aromatic rings. The van der Waals surface area contributed by atoms with Crippen molar-refractivity contribution in [3.8, 4) is 0 Å². The van der Waals surface area contributed by atoms with Gasteiger partial charge in [-0.05, 0) is 32.0 Å². The molecular formula is C20H34N4O2. The van der Waals surface area contributed by atoms with Gasteiger partial charge in [0.15, 0.2) is 5.96 Å². The van der Waals surface area contributed by atoms with Crippen molar-refractivity contribution in [1.29, 1.82) is 0 Å². The first-order valence-electron chi connectivity index (χ1n) is 9.37. The van der Waals surface area contributed by atoms with Crippen LogP contribution in [0.25, 0.3) is 0 Å². The van der Waals surface area contributed by atoms with Gasteiger partial charge in [-0.2, -0.15) is 0 Å². The second-order valence-electron chi connectivity index (χ2n) is 6.94. The molecule has 1 N–H and O–H groups in total. The molecule has 1 saturated heterocycles. The Hall–Kier alpha value is -1.63. The Bertz CT molecular complexity index is 591. The molecule has 0 aliphatic carbocycles. The minimum absolute atomic E-state index is 0.0901. The molecule has 0 bridgehead atoms. The largest absolute Gasteiger partial charge is 0.383 e. The summed E-state index contributed by atoms with van der Waals surface area (Å²) in [6, 6.07) is 6.58. The standard InChI is InChI=1S/C20H34N4O2/c1-16-6-7-18(17(2)14-16)19-15-24(11-13-26-19)20(21-3)22-8-9-23(4)10-12-25-5/h6-7,14,19H,8-13,15H2,1-5H3,(H,21,22). The van der Waals surface area contributed by atoms with Crippen LogP contribution >= 0.6 is 0 Å². The number of nitrogens with one attached hydrogen (secondary N) is 1. The van der Waals surface area contributed by atoms with Crippen LogP contribution in [-0.4, -0.2) is 82.9 Å². The lowest BCUT2D eigenvalue weighted by molar-refractivity contribution is -0.00833. The molecule has 1 aromatic carbocycles. The average molecular weight is 363 g/mol. The lowest BCUT2D eigenvalue weighted by Gasteiger charge is -2.36. The highest BCUT2D eigenvalue weighted by Gasteiger charge is 2.25. The fourth-order valence-corrected chi connectivity index (χ4v) is 3.27. The Balaban J connectivity index is 1.90. The van der Waals surface area contributed by atoms with Crippen LogP contribution in [0.2, 0.25) is 0 Å². The number of likely N-dealkylation sites (N-methyl/N-ethyl adjacent to an activating group) is 1. The zero-order valence-electron chi connectivity index (χ0n) is 16.9. The third-order valence-corrected chi connectivity index (χ3v) is 4.80. The molecule has 0 saturated carbocycles. The highest BCUT2D eigenvalue weighted by molar-refractivity contribution is 5.80. The normalized spacial score (nSPS) is 18.5. The molecule has 2 rings (SSSR count). The molecule has 1 unspecified atom stereocenters. The number of benzene rings is 1. The van der Waals surface area contributed by atoms with E-state index < -0.39 is 0 Å². The zero-order valence-corrected chi connectivity index (χ0v) is 16.9. The molecule has 1 atom stereocenters. The molecule has 1 heterocycles. The predicted molar refractivity (Wildman–Crippen MR) is 107 cm³/mol. The summed E-state index contributed by atoms with van der Waals surface area (Å²) in [5.41, 5.74) is 3.85. The fourth-order valence-electron chi connectivity index (χ4n) is 3.27. The fraction of sp³-hybridized carbons (Fsp3) is 0.650. The number of hydrogen-bond acceptors (Lipinski definition) is 4. The maximum Gasteiger partial charge on any atom is 0.193 e. The van der Waals surface area contributed by atoms with Gasteiger partial charge < -0.3 is 24.6 Å². The summed E-state index contributed by atoms with van der Waals surface area (Å²) < 4.78 is 11.2. The summed E-state index contributed by atoms with van der Waals surface area (Å²) in [5, 5.41) is 3.48. The van der Waals surface area contributed by atoms with Crippen LogP contribution in [0.1, 0.15) is 22.8 Å². The molecule has 1 fully saturated rings. The quantitative estimate of drug-likeness (QED) is 0.592. The number of methoxy groups -OCH3 is 1. The molecule has 0 spiro atoms. The van der Waals surface area contributed by atoms with Gasteiger partial charge in [0.2, 0.25) is 0 Å². The van der Waals surface area contributed by atoms with Crippen LogP contribution in [0.5, 0.6) is 0 Å². The van der Waals surface area contributed by atoms with Gasteiger partial charge in [-0.1, -0.05) is 23.8 Å². The summed E-state index contributed by atoms with van der Waals surface area (Å²) in [4.78, 5) is 9.01. The molecular weight excluding hydrogens is 328 g/mol. The summed E-state index contributed by atoms with van der Waals surface area (Å²) >= 11 is 0. The molecule has 0 amide bonds. The van der Waals surface area contributed by atoms with Crippen molar-refractivity contribution in [3.63, 3.8) is 0 Å². The van der Waals surface area contributed by atoms with Crippen LogP contribution in [-0.2, 0) is 9.47 Å². The van der Waals surface area contributed by atoms with Gasteiger partial charge in [-0.25, -0.2) is 0 Å². The SMILES string of the molecule is CN=C(NCCN(C)CCOC)N1CCOC(c2ccc(C)cc2C)C1. The van der Waals surface area contributed by atoms with Crippen molar-refractivity contribution in [1.82, 2.24) is 15.1 Å². The molecule has 1 aliphatic rings. The molecule has 0 radical (unpaired) electrons. The Morgan fingerprint density at radius 3 is 2.88 bits per heavy atom. The smallest absolute Gasteiger partial charge is 0.193 e. The second-order valence-corrected chi connectivity index (χ2v) is 6.94. The van der Waals surface area contributed by atoms with Crippen LogP contribution in [0.4, 0.5) is 0 Å². The summed E-state index contributed by atoms with van der Waals surface area (Å²) in [5.74, 6) is 0.947. The van der Waals surface area contributed by atoms with E-state index in [0.29, 0.717) is 6.61 Å². The second kappa shape index (κ2) is 10.5. The summed E-state index contributed by atoms with van der Waals surface area (Å²) in [6.45, 7) is 10.2. The first-order chi connectivity index (χ1) is 12.5. The van der Waals surface area contributed by atoms with E-state index in [9.17, 15) is 0 Å². The number of nitrogens with zero attached hydrogens (tertiary/aromatic N) is 3. The number of aryl methyl sites for hydroxylation is 2. The van der Waals surface area contributed by atoms with Crippen molar-refractivity contribution in [2.45, 2.75) is 20.0 Å². The van der Waals surface area contributed by atoms with Gasteiger partial charge in [0.1, 0.15) is 6.10 Å². The lowest BCUT2D eigenvalue weighted by Crippen LogP contribution is -2.49. The molecule has 6 heteroatoms. The van der Waals surface area contributed by atoms with E-state index in [1.165, 1.54) is 16.7 Å². The topological polar surface area (TPSA) is 49.3 Å². The summed E-state index contributed by atoms with van der Waals surface area (Å²) in [7, 11) is 5.69. The molecule has 0 aromatic heterocycles. The van der Waals surface area contributed by atoms with Gasteiger partial charge in [0.25, 0.3) is 0 Å². The number of ether oxygens (including phenoxy) is 2. The van der Waals surface area contributed by atoms with E-state index in [4.69, 9.17) is 9.47 Å². The van der Waals surface area contributed by atoms with E-state index in [-0.39, 0.29) is 6.10 Å². The van der Waals surface area contributed by atoms with E-state index in [1.54, 1.807) is 7.11 Å².